The molecule has 0 aliphatic carbocycles. The number of likely N-dealkylation sites (tertiary alicyclic amines) is 1. The van der Waals surface area contributed by atoms with Gasteiger partial charge in [-0.25, -0.2) is 0 Å². The number of methoxy groups -OCH3 is 1. The first-order chi connectivity index (χ1) is 9.59. The summed E-state index contributed by atoms with van der Waals surface area (Å²) < 4.78 is 5.34. The lowest BCUT2D eigenvalue weighted by atomic mass is 9.77. The molecule has 1 atom stereocenters. The highest BCUT2D eigenvalue weighted by Crippen LogP contribution is 2.33. The number of nitrogens with one attached hydrogen (secondary N) is 1. The van der Waals surface area contributed by atoms with Gasteiger partial charge in [0.1, 0.15) is 0 Å². The SMILES string of the molecule is COCC1(C(=O)N2CCC(C(C)O)CC2)CCNCC1. The lowest BCUT2D eigenvalue weighted by Crippen LogP contribution is -2.53. The van der Waals surface area contributed by atoms with E-state index in [1.54, 1.807) is 7.11 Å². The summed E-state index contributed by atoms with van der Waals surface area (Å²) in [6.45, 7) is 5.68. The Morgan fingerprint density at radius 2 is 2.00 bits per heavy atom. The minimum Gasteiger partial charge on any atom is -0.393 e. The van der Waals surface area contributed by atoms with Crippen LogP contribution in [0.3, 0.4) is 0 Å². The van der Waals surface area contributed by atoms with E-state index in [9.17, 15) is 9.90 Å². The average Bonchev–Trinajstić information content (AvgIpc) is 2.48. The van der Waals surface area contributed by atoms with Crippen molar-refractivity contribution in [3.63, 3.8) is 0 Å². The minimum atomic E-state index is -0.336. The number of nitrogens with zero attached hydrogens (tertiary/aromatic N) is 1. The molecule has 0 aromatic heterocycles. The molecule has 2 heterocycles. The molecule has 2 saturated heterocycles. The number of ether oxygens (including phenoxy) is 1. The lowest BCUT2D eigenvalue weighted by Gasteiger charge is -2.42. The second kappa shape index (κ2) is 6.87. The van der Waals surface area contributed by atoms with Gasteiger partial charge in [0.2, 0.25) is 5.91 Å². The summed E-state index contributed by atoms with van der Waals surface area (Å²) >= 11 is 0. The van der Waals surface area contributed by atoms with Crippen LogP contribution in [0.5, 0.6) is 0 Å². The molecule has 116 valence electrons. The normalized spacial score (nSPS) is 25.4. The van der Waals surface area contributed by atoms with Crippen molar-refractivity contribution in [3.05, 3.63) is 0 Å². The van der Waals surface area contributed by atoms with E-state index in [4.69, 9.17) is 4.74 Å². The van der Waals surface area contributed by atoms with Crippen molar-refractivity contribution in [1.82, 2.24) is 10.2 Å². The van der Waals surface area contributed by atoms with E-state index in [2.05, 4.69) is 5.32 Å². The van der Waals surface area contributed by atoms with Crippen molar-refractivity contribution in [2.24, 2.45) is 11.3 Å². The van der Waals surface area contributed by atoms with E-state index >= 15 is 0 Å². The van der Waals surface area contributed by atoms with Gasteiger partial charge in [0.05, 0.1) is 18.1 Å². The van der Waals surface area contributed by atoms with Gasteiger partial charge in [0.15, 0.2) is 0 Å². The van der Waals surface area contributed by atoms with Gasteiger partial charge in [-0.1, -0.05) is 0 Å². The third-order valence-electron chi connectivity index (χ3n) is 4.94. The maximum Gasteiger partial charge on any atom is 0.231 e. The van der Waals surface area contributed by atoms with E-state index in [0.29, 0.717) is 12.5 Å². The van der Waals surface area contributed by atoms with E-state index < -0.39 is 0 Å². The van der Waals surface area contributed by atoms with Gasteiger partial charge in [-0.15, -0.1) is 0 Å². The number of amides is 1. The summed E-state index contributed by atoms with van der Waals surface area (Å²) in [7, 11) is 1.68. The quantitative estimate of drug-likeness (QED) is 0.794. The van der Waals surface area contributed by atoms with Crippen LogP contribution in [-0.2, 0) is 9.53 Å². The van der Waals surface area contributed by atoms with Gasteiger partial charge >= 0.3 is 0 Å². The van der Waals surface area contributed by atoms with Gasteiger partial charge in [-0.3, -0.25) is 4.79 Å². The second-order valence-electron chi connectivity index (χ2n) is 6.33. The first-order valence-corrected chi connectivity index (χ1v) is 7.76. The number of hydrogen-bond donors (Lipinski definition) is 2. The van der Waals surface area contributed by atoms with Crippen molar-refractivity contribution in [3.8, 4) is 0 Å². The summed E-state index contributed by atoms with van der Waals surface area (Å²) in [6.07, 6.45) is 3.26. The molecule has 0 saturated carbocycles. The zero-order valence-electron chi connectivity index (χ0n) is 12.7. The summed E-state index contributed by atoms with van der Waals surface area (Å²) in [5, 5.41) is 13.0. The molecule has 0 radical (unpaired) electrons. The number of carbonyl (C=O) groups is 1. The third kappa shape index (κ3) is 3.32. The predicted octanol–water partition coefficient (Wildman–Crippen LogP) is 0.622. The topological polar surface area (TPSA) is 61.8 Å². The lowest BCUT2D eigenvalue weighted by molar-refractivity contribution is -0.149. The number of carbonyl (C=O) groups excluding carboxylic acids is 1. The summed E-state index contributed by atoms with van der Waals surface area (Å²) in [5.41, 5.74) is -0.336. The van der Waals surface area contributed by atoms with Crippen LogP contribution in [-0.4, -0.2) is 61.9 Å². The molecular formula is C15H28N2O3. The molecule has 2 aliphatic heterocycles. The van der Waals surface area contributed by atoms with Crippen molar-refractivity contribution in [2.45, 2.75) is 38.7 Å². The predicted molar refractivity (Wildman–Crippen MR) is 77.4 cm³/mol. The third-order valence-corrected chi connectivity index (χ3v) is 4.94. The van der Waals surface area contributed by atoms with Crippen LogP contribution in [0.1, 0.15) is 32.6 Å². The van der Waals surface area contributed by atoms with E-state index in [1.807, 2.05) is 11.8 Å². The maximum atomic E-state index is 12.9. The molecule has 0 aromatic rings. The average molecular weight is 284 g/mol. The van der Waals surface area contributed by atoms with E-state index in [1.165, 1.54) is 0 Å². The number of aliphatic hydroxyl groups excluding tert-OH is 1. The molecule has 2 aliphatic rings. The number of aliphatic hydroxyl groups is 1. The Labute approximate surface area is 121 Å². The first-order valence-electron chi connectivity index (χ1n) is 7.76. The number of piperidine rings is 2. The van der Waals surface area contributed by atoms with Crippen LogP contribution >= 0.6 is 0 Å². The Bertz CT molecular complexity index is 314. The van der Waals surface area contributed by atoms with Crippen molar-refractivity contribution in [1.29, 1.82) is 0 Å². The highest BCUT2D eigenvalue weighted by molar-refractivity contribution is 5.83. The number of rotatable bonds is 4. The van der Waals surface area contributed by atoms with E-state index in [-0.39, 0.29) is 17.4 Å². The molecule has 5 heteroatoms. The molecule has 1 amide bonds. The van der Waals surface area contributed by atoms with Crippen molar-refractivity contribution < 1.29 is 14.6 Å². The molecule has 2 fully saturated rings. The molecule has 0 bridgehead atoms. The van der Waals surface area contributed by atoms with E-state index in [0.717, 1.165) is 51.9 Å². The maximum absolute atomic E-state index is 12.9. The molecule has 0 spiro atoms. The summed E-state index contributed by atoms with van der Waals surface area (Å²) in [4.78, 5) is 14.9. The fourth-order valence-corrected chi connectivity index (χ4v) is 3.52. The Hall–Kier alpha value is -0.650. The Balaban J connectivity index is 1.98. The molecule has 2 rings (SSSR count). The highest BCUT2D eigenvalue weighted by Gasteiger charge is 2.43. The van der Waals surface area contributed by atoms with Gasteiger partial charge in [0.25, 0.3) is 0 Å². The molecular weight excluding hydrogens is 256 g/mol. The smallest absolute Gasteiger partial charge is 0.231 e. The molecule has 5 nitrogen and oxygen atoms in total. The Morgan fingerprint density at radius 1 is 1.40 bits per heavy atom. The largest absolute Gasteiger partial charge is 0.393 e. The zero-order valence-corrected chi connectivity index (χ0v) is 12.7. The first kappa shape index (κ1) is 15.7. The van der Waals surface area contributed by atoms with Crippen LogP contribution < -0.4 is 5.32 Å². The fourth-order valence-electron chi connectivity index (χ4n) is 3.52. The van der Waals surface area contributed by atoms with Gasteiger partial charge in [-0.05, 0) is 51.6 Å². The van der Waals surface area contributed by atoms with Crippen molar-refractivity contribution >= 4 is 5.91 Å². The summed E-state index contributed by atoms with van der Waals surface area (Å²) in [5.74, 6) is 0.593. The van der Waals surface area contributed by atoms with Gasteiger partial charge in [0, 0.05) is 20.2 Å². The molecule has 2 N–H and O–H groups in total. The van der Waals surface area contributed by atoms with Gasteiger partial charge < -0.3 is 20.1 Å². The van der Waals surface area contributed by atoms with Crippen LogP contribution in [0.25, 0.3) is 0 Å². The van der Waals surface area contributed by atoms with Crippen LogP contribution in [0, 0.1) is 11.3 Å². The van der Waals surface area contributed by atoms with Crippen LogP contribution in [0.15, 0.2) is 0 Å². The Morgan fingerprint density at radius 3 is 2.50 bits per heavy atom. The second-order valence-corrected chi connectivity index (χ2v) is 6.33. The van der Waals surface area contributed by atoms with Gasteiger partial charge in [-0.2, -0.15) is 0 Å². The number of hydrogen-bond acceptors (Lipinski definition) is 4. The minimum absolute atomic E-state index is 0.255. The zero-order chi connectivity index (χ0) is 14.6. The Kier molecular flexibility index (Phi) is 5.41. The monoisotopic (exact) mass is 284 g/mol. The molecule has 20 heavy (non-hydrogen) atoms. The highest BCUT2D eigenvalue weighted by atomic mass is 16.5. The summed E-state index contributed by atoms with van der Waals surface area (Å²) in [6, 6.07) is 0. The van der Waals surface area contributed by atoms with Crippen LogP contribution in [0.4, 0.5) is 0 Å². The fraction of sp³-hybridized carbons (Fsp3) is 0.933. The molecule has 0 aromatic carbocycles. The molecule has 1 unspecified atom stereocenters. The van der Waals surface area contributed by atoms with Crippen molar-refractivity contribution in [2.75, 3.05) is 39.9 Å². The van der Waals surface area contributed by atoms with Crippen LogP contribution in [0.2, 0.25) is 0 Å². The standard InChI is InChI=1S/C15H28N2O3/c1-12(18)13-3-9-17(10-4-13)14(19)15(11-20-2)5-7-16-8-6-15/h12-13,16,18H,3-11H2,1-2H3.